The standard InChI is InChI=1S/C30H42N2O4/c1-20(2)29(33)31-27-24-9-7-8-10-25(24)30(28(27)36-16-15-34-5)11-13-32(14-12-30)19-23-17-22(4)26(35-6)18-21(23)3/h7-10,17-18,20,27-28H,11-16,19H2,1-6H3,(H,31,33)/t27-,28+/m1/s1. The monoisotopic (exact) mass is 494 g/mol. The molecule has 0 saturated carbocycles. The highest BCUT2D eigenvalue weighted by Crippen LogP contribution is 2.52. The Morgan fingerprint density at radius 1 is 1.08 bits per heavy atom. The predicted octanol–water partition coefficient (Wildman–Crippen LogP) is 4.70. The second-order valence-corrected chi connectivity index (χ2v) is 10.7. The van der Waals surface area contributed by atoms with Gasteiger partial charge in [0, 0.05) is 25.0 Å². The molecule has 2 aromatic rings. The van der Waals surface area contributed by atoms with Crippen LogP contribution in [0.4, 0.5) is 0 Å². The Morgan fingerprint density at radius 3 is 2.47 bits per heavy atom. The average molecular weight is 495 g/mol. The number of amides is 1. The number of carbonyl (C=O) groups excluding carboxylic acids is 1. The van der Waals surface area contributed by atoms with Crippen LogP contribution in [0.3, 0.4) is 0 Å². The van der Waals surface area contributed by atoms with Gasteiger partial charge in [0.25, 0.3) is 0 Å². The summed E-state index contributed by atoms with van der Waals surface area (Å²) in [6.45, 7) is 12.1. The Hall–Kier alpha value is -2.41. The SMILES string of the molecule is COCCO[C@H]1[C@H](NC(=O)C(C)C)c2ccccc2C12CCN(Cc1cc(C)c(OC)cc1C)CC2. The van der Waals surface area contributed by atoms with Gasteiger partial charge in [-0.1, -0.05) is 44.2 Å². The number of likely N-dealkylation sites (tertiary alicyclic amines) is 1. The molecule has 0 unspecified atom stereocenters. The molecule has 196 valence electrons. The van der Waals surface area contributed by atoms with E-state index in [1.54, 1.807) is 14.2 Å². The van der Waals surface area contributed by atoms with E-state index >= 15 is 0 Å². The quantitative estimate of drug-likeness (QED) is 0.512. The molecule has 0 aromatic heterocycles. The van der Waals surface area contributed by atoms with Gasteiger partial charge in [-0.3, -0.25) is 9.69 Å². The summed E-state index contributed by atoms with van der Waals surface area (Å²) in [5, 5.41) is 3.33. The van der Waals surface area contributed by atoms with E-state index < -0.39 is 0 Å². The fourth-order valence-corrected chi connectivity index (χ4v) is 5.99. The average Bonchev–Trinajstić information content (AvgIpc) is 3.11. The highest BCUT2D eigenvalue weighted by Gasteiger charge is 2.54. The number of methoxy groups -OCH3 is 2. The molecule has 6 nitrogen and oxygen atoms in total. The van der Waals surface area contributed by atoms with Crippen molar-refractivity contribution in [2.75, 3.05) is 40.5 Å². The number of benzene rings is 2. The van der Waals surface area contributed by atoms with Crippen LogP contribution in [0.15, 0.2) is 36.4 Å². The van der Waals surface area contributed by atoms with Crippen LogP contribution in [0.25, 0.3) is 0 Å². The molecular weight excluding hydrogens is 452 g/mol. The van der Waals surface area contributed by atoms with E-state index in [-0.39, 0.29) is 29.4 Å². The number of nitrogens with zero attached hydrogens (tertiary/aromatic N) is 1. The summed E-state index contributed by atoms with van der Waals surface area (Å²) in [6.07, 6.45) is 1.87. The molecule has 1 spiro atoms. The number of rotatable bonds is 9. The topological polar surface area (TPSA) is 60.0 Å². The Morgan fingerprint density at radius 2 is 1.81 bits per heavy atom. The second-order valence-electron chi connectivity index (χ2n) is 10.7. The van der Waals surface area contributed by atoms with E-state index in [0.717, 1.165) is 38.2 Å². The molecule has 2 atom stereocenters. The van der Waals surface area contributed by atoms with Crippen molar-refractivity contribution in [3.63, 3.8) is 0 Å². The van der Waals surface area contributed by atoms with Crippen molar-refractivity contribution >= 4 is 5.91 Å². The van der Waals surface area contributed by atoms with Crippen molar-refractivity contribution in [3.05, 3.63) is 64.2 Å². The molecule has 0 radical (unpaired) electrons. The molecule has 2 aromatic carbocycles. The van der Waals surface area contributed by atoms with E-state index in [2.05, 4.69) is 60.5 Å². The fraction of sp³-hybridized carbons (Fsp3) is 0.567. The first-order chi connectivity index (χ1) is 17.3. The van der Waals surface area contributed by atoms with Gasteiger partial charge >= 0.3 is 0 Å². The van der Waals surface area contributed by atoms with Crippen molar-refractivity contribution in [2.45, 2.75) is 64.6 Å². The third-order valence-corrected chi connectivity index (χ3v) is 8.08. The van der Waals surface area contributed by atoms with E-state index in [9.17, 15) is 4.79 Å². The largest absolute Gasteiger partial charge is 0.496 e. The molecule has 6 heteroatoms. The summed E-state index contributed by atoms with van der Waals surface area (Å²) < 4.78 is 17.4. The summed E-state index contributed by atoms with van der Waals surface area (Å²) in [7, 11) is 3.43. The first-order valence-electron chi connectivity index (χ1n) is 13.2. The number of piperidine rings is 1. The summed E-state index contributed by atoms with van der Waals surface area (Å²) in [5.41, 5.74) is 6.20. The van der Waals surface area contributed by atoms with Crippen LogP contribution in [-0.4, -0.2) is 57.4 Å². The lowest BCUT2D eigenvalue weighted by atomic mass is 9.71. The summed E-state index contributed by atoms with van der Waals surface area (Å²) in [5.74, 6) is 0.934. The maximum absolute atomic E-state index is 12.8. The molecule has 36 heavy (non-hydrogen) atoms. The molecule has 1 N–H and O–H groups in total. The maximum Gasteiger partial charge on any atom is 0.223 e. The number of carbonyl (C=O) groups is 1. The van der Waals surface area contributed by atoms with Crippen LogP contribution in [0.5, 0.6) is 5.75 Å². The molecule has 4 rings (SSSR count). The minimum Gasteiger partial charge on any atom is -0.496 e. The van der Waals surface area contributed by atoms with Crippen LogP contribution < -0.4 is 10.1 Å². The lowest BCUT2D eigenvalue weighted by Crippen LogP contribution is -2.51. The zero-order valence-corrected chi connectivity index (χ0v) is 22.7. The zero-order chi connectivity index (χ0) is 25.9. The lowest BCUT2D eigenvalue weighted by Gasteiger charge is -2.44. The third kappa shape index (κ3) is 5.17. The van der Waals surface area contributed by atoms with E-state index in [4.69, 9.17) is 14.2 Å². The molecule has 1 amide bonds. The molecule has 1 aliphatic carbocycles. The normalized spacial score (nSPS) is 21.1. The van der Waals surface area contributed by atoms with Crippen molar-refractivity contribution in [1.29, 1.82) is 0 Å². The summed E-state index contributed by atoms with van der Waals surface area (Å²) in [4.78, 5) is 15.4. The van der Waals surface area contributed by atoms with Gasteiger partial charge in [0.2, 0.25) is 5.91 Å². The van der Waals surface area contributed by atoms with Gasteiger partial charge in [0.1, 0.15) is 5.75 Å². The van der Waals surface area contributed by atoms with E-state index in [1.165, 1.54) is 27.8 Å². The van der Waals surface area contributed by atoms with Gasteiger partial charge in [-0.05, 0) is 73.7 Å². The molecule has 2 aliphatic rings. The fourth-order valence-electron chi connectivity index (χ4n) is 5.99. The molecule has 1 aliphatic heterocycles. The minimum atomic E-state index is -0.147. The lowest BCUT2D eigenvalue weighted by molar-refractivity contribution is -0.127. The van der Waals surface area contributed by atoms with E-state index in [0.29, 0.717) is 13.2 Å². The van der Waals surface area contributed by atoms with Crippen molar-refractivity contribution < 1.29 is 19.0 Å². The number of fused-ring (bicyclic) bond motifs is 2. The highest BCUT2D eigenvalue weighted by atomic mass is 16.5. The van der Waals surface area contributed by atoms with E-state index in [1.807, 2.05) is 13.8 Å². The van der Waals surface area contributed by atoms with Crippen molar-refractivity contribution in [3.8, 4) is 5.75 Å². The number of nitrogens with one attached hydrogen (secondary N) is 1. The predicted molar refractivity (Wildman–Crippen MR) is 142 cm³/mol. The van der Waals surface area contributed by atoms with Gasteiger partial charge in [-0.15, -0.1) is 0 Å². The van der Waals surface area contributed by atoms with Crippen molar-refractivity contribution in [2.24, 2.45) is 5.92 Å². The van der Waals surface area contributed by atoms with Crippen LogP contribution in [-0.2, 0) is 26.2 Å². The van der Waals surface area contributed by atoms with Crippen LogP contribution in [0, 0.1) is 19.8 Å². The number of ether oxygens (including phenoxy) is 3. The molecule has 1 fully saturated rings. The molecule has 1 saturated heterocycles. The van der Waals surface area contributed by atoms with Crippen LogP contribution in [0.1, 0.15) is 60.5 Å². The van der Waals surface area contributed by atoms with Crippen LogP contribution in [0.2, 0.25) is 0 Å². The first-order valence-corrected chi connectivity index (χ1v) is 13.2. The van der Waals surface area contributed by atoms with Crippen LogP contribution >= 0.6 is 0 Å². The smallest absolute Gasteiger partial charge is 0.223 e. The van der Waals surface area contributed by atoms with Crippen molar-refractivity contribution in [1.82, 2.24) is 10.2 Å². The Labute approximate surface area is 216 Å². The minimum absolute atomic E-state index is 0.0648. The molecule has 1 heterocycles. The third-order valence-electron chi connectivity index (χ3n) is 8.08. The number of hydrogen-bond acceptors (Lipinski definition) is 5. The molecular formula is C30H42N2O4. The number of hydrogen-bond donors (Lipinski definition) is 1. The highest BCUT2D eigenvalue weighted by molar-refractivity contribution is 5.78. The maximum atomic E-state index is 12.8. The Balaban J connectivity index is 1.58. The van der Waals surface area contributed by atoms with Gasteiger partial charge in [-0.25, -0.2) is 0 Å². The number of aryl methyl sites for hydroxylation is 2. The summed E-state index contributed by atoms with van der Waals surface area (Å²) in [6, 6.07) is 12.9. The first kappa shape index (κ1) is 26.6. The molecule has 0 bridgehead atoms. The Kier molecular flexibility index (Phi) is 8.38. The second kappa shape index (κ2) is 11.3. The Bertz CT molecular complexity index is 1060. The van der Waals surface area contributed by atoms with Gasteiger partial charge in [0.15, 0.2) is 0 Å². The van der Waals surface area contributed by atoms with Gasteiger partial charge in [0.05, 0.1) is 32.5 Å². The zero-order valence-electron chi connectivity index (χ0n) is 22.7. The summed E-state index contributed by atoms with van der Waals surface area (Å²) >= 11 is 0. The van der Waals surface area contributed by atoms with Gasteiger partial charge in [-0.2, -0.15) is 0 Å². The van der Waals surface area contributed by atoms with Gasteiger partial charge < -0.3 is 19.5 Å².